The summed E-state index contributed by atoms with van der Waals surface area (Å²) in [4.78, 5) is 0. The van der Waals surface area contributed by atoms with Crippen LogP contribution < -0.4 is 10.5 Å². The van der Waals surface area contributed by atoms with Crippen molar-refractivity contribution in [2.45, 2.75) is 25.7 Å². The molecule has 0 spiro atoms. The third-order valence-corrected chi connectivity index (χ3v) is 6.43. The highest BCUT2D eigenvalue weighted by Crippen LogP contribution is 2.43. The van der Waals surface area contributed by atoms with Crippen molar-refractivity contribution in [3.8, 4) is 0 Å². The average molecular weight is 439 g/mol. The molecule has 9 heteroatoms. The van der Waals surface area contributed by atoms with E-state index in [4.69, 9.17) is 5.73 Å². The van der Waals surface area contributed by atoms with Crippen molar-refractivity contribution in [2.75, 3.05) is 25.6 Å². The molecule has 4 aliphatic rings. The third-order valence-electron chi connectivity index (χ3n) is 5.74. The Hall–Kier alpha value is -0.410. The second kappa shape index (κ2) is 9.39. The fourth-order valence-electron chi connectivity index (χ4n) is 4.55. The van der Waals surface area contributed by atoms with Crippen LogP contribution in [0.4, 0.5) is 0 Å². The topological polar surface area (TPSA) is 106 Å². The highest BCUT2D eigenvalue weighted by Gasteiger charge is 2.35. The number of rotatable bonds is 4. The molecule has 0 aromatic carbocycles. The molecule has 0 aromatic heterocycles. The Bertz CT molecular complexity index is 756. The Kier molecular flexibility index (Phi) is 7.96. The molecule has 0 aromatic rings. The van der Waals surface area contributed by atoms with E-state index in [9.17, 15) is 16.8 Å². The number of sulfonamides is 1. The van der Waals surface area contributed by atoms with Crippen LogP contribution in [-0.2, 0) is 19.1 Å². The van der Waals surface area contributed by atoms with Crippen molar-refractivity contribution >= 4 is 29.8 Å². The van der Waals surface area contributed by atoms with Crippen molar-refractivity contribution < 1.29 is 16.8 Å². The summed E-state index contributed by atoms with van der Waals surface area (Å²) in [5.74, 6) is 4.43. The van der Waals surface area contributed by atoms with Crippen molar-refractivity contribution in [3.05, 3.63) is 24.3 Å². The van der Waals surface area contributed by atoms with Crippen LogP contribution in [0.15, 0.2) is 24.3 Å². The van der Waals surface area contributed by atoms with E-state index in [2.05, 4.69) is 39.7 Å². The van der Waals surface area contributed by atoms with E-state index in [1.165, 1.54) is 25.5 Å². The lowest BCUT2D eigenvalue weighted by atomic mass is 9.94. The molecule has 2 fully saturated rings. The Balaban J connectivity index is 0.000000162. The summed E-state index contributed by atoms with van der Waals surface area (Å²) in [5, 5.41) is 0. The Morgan fingerprint density at radius 3 is 1.59 bits per heavy atom. The summed E-state index contributed by atoms with van der Waals surface area (Å²) in [6.07, 6.45) is 16.5. The molecule has 0 aliphatic heterocycles. The lowest BCUT2D eigenvalue weighted by Gasteiger charge is -2.17. The van der Waals surface area contributed by atoms with Gasteiger partial charge in [-0.05, 0) is 67.7 Å². The van der Waals surface area contributed by atoms with E-state index < -0.39 is 19.1 Å². The zero-order valence-electron chi connectivity index (χ0n) is 15.9. The summed E-state index contributed by atoms with van der Waals surface area (Å²) in [6.45, 7) is 1.51. The first-order valence-electron chi connectivity index (χ1n) is 9.35. The van der Waals surface area contributed by atoms with E-state index in [1.807, 2.05) is 0 Å². The van der Waals surface area contributed by atoms with Gasteiger partial charge >= 0.3 is 0 Å². The van der Waals surface area contributed by atoms with Crippen LogP contribution in [0, 0.1) is 35.5 Å². The van der Waals surface area contributed by atoms with Gasteiger partial charge in [-0.3, -0.25) is 0 Å². The molecular formula is C18H31ClN2O4S2. The number of hydrogen-bond acceptors (Lipinski definition) is 5. The molecule has 6 unspecified atom stereocenters. The summed E-state index contributed by atoms with van der Waals surface area (Å²) < 4.78 is 43.1. The van der Waals surface area contributed by atoms with E-state index in [0.29, 0.717) is 18.4 Å². The number of nitrogens with two attached hydrogens (primary N) is 1. The summed E-state index contributed by atoms with van der Waals surface area (Å²) >= 11 is 0. The SMILES string of the molecule is CS(=O)(=O)Cl.CS(=O)(=O)NCC1CC2C=CC1C2.NCC1CC2C=CC1C2. The monoisotopic (exact) mass is 438 g/mol. The van der Waals surface area contributed by atoms with Gasteiger partial charge in [0.2, 0.25) is 19.1 Å². The zero-order valence-corrected chi connectivity index (χ0v) is 18.3. The number of hydrogen-bond donors (Lipinski definition) is 2. The minimum Gasteiger partial charge on any atom is -0.330 e. The highest BCUT2D eigenvalue weighted by atomic mass is 35.7. The quantitative estimate of drug-likeness (QED) is 0.516. The van der Waals surface area contributed by atoms with Gasteiger partial charge in [0.15, 0.2) is 0 Å². The van der Waals surface area contributed by atoms with Crippen molar-refractivity contribution in [1.29, 1.82) is 0 Å². The molecule has 6 atom stereocenters. The third kappa shape index (κ3) is 8.23. The Labute approximate surface area is 168 Å². The number of fused-ring (bicyclic) bond motifs is 4. The second-order valence-corrected chi connectivity index (χ2v) is 13.0. The lowest BCUT2D eigenvalue weighted by Crippen LogP contribution is -2.29. The molecule has 4 rings (SSSR count). The minimum atomic E-state index is -3.19. The largest absolute Gasteiger partial charge is 0.330 e. The van der Waals surface area contributed by atoms with Crippen LogP contribution >= 0.6 is 10.7 Å². The molecular weight excluding hydrogens is 408 g/mol. The molecule has 3 N–H and O–H groups in total. The smallest absolute Gasteiger partial charge is 0.229 e. The Morgan fingerprint density at radius 1 is 0.889 bits per heavy atom. The molecule has 27 heavy (non-hydrogen) atoms. The lowest BCUT2D eigenvalue weighted by molar-refractivity contribution is 0.441. The van der Waals surface area contributed by atoms with E-state index >= 15 is 0 Å². The molecule has 0 heterocycles. The van der Waals surface area contributed by atoms with Gasteiger partial charge in [-0.2, -0.15) is 0 Å². The van der Waals surface area contributed by atoms with E-state index in [0.717, 1.165) is 42.9 Å². The second-order valence-electron chi connectivity index (χ2n) is 8.12. The molecule has 0 amide bonds. The van der Waals surface area contributed by atoms with Crippen molar-refractivity contribution in [1.82, 2.24) is 4.72 Å². The molecule has 0 saturated heterocycles. The summed E-state index contributed by atoms with van der Waals surface area (Å²) in [6, 6.07) is 0. The first-order valence-corrected chi connectivity index (χ1v) is 14.0. The van der Waals surface area contributed by atoms with Gasteiger partial charge in [-0.15, -0.1) is 0 Å². The van der Waals surface area contributed by atoms with Crippen LogP contribution in [0.5, 0.6) is 0 Å². The summed E-state index contributed by atoms with van der Waals surface area (Å²) in [7, 11) is -1.69. The predicted molar refractivity (Wildman–Crippen MR) is 110 cm³/mol. The van der Waals surface area contributed by atoms with Gasteiger partial charge in [-0.25, -0.2) is 21.6 Å². The first-order chi connectivity index (χ1) is 12.4. The standard InChI is InChI=1S/C9H15NO2S.C8H13N.CH3ClO2S/c1-13(11,12)10-6-9-5-7-2-3-8(9)4-7;9-5-8-4-6-1-2-7(8)3-6;1-5(2,3)4/h2-3,7-10H,4-6H2,1H3;1-2,6-8H,3-5,9H2;1H3. The zero-order chi connectivity index (χ0) is 20.2. The Morgan fingerprint density at radius 2 is 1.33 bits per heavy atom. The highest BCUT2D eigenvalue weighted by molar-refractivity contribution is 8.13. The maximum atomic E-state index is 10.9. The molecule has 0 radical (unpaired) electrons. The van der Waals surface area contributed by atoms with Crippen LogP contribution in [0.1, 0.15) is 25.7 Å². The van der Waals surface area contributed by atoms with Gasteiger partial charge in [0.25, 0.3) is 0 Å². The molecule has 4 bridgehead atoms. The predicted octanol–water partition coefficient (Wildman–Crippen LogP) is 2.09. The number of nitrogens with one attached hydrogen (secondary N) is 1. The molecule has 2 saturated carbocycles. The van der Waals surface area contributed by atoms with Gasteiger partial charge in [-0.1, -0.05) is 24.3 Å². The minimum absolute atomic E-state index is 0.532. The van der Waals surface area contributed by atoms with Crippen LogP contribution in [0.3, 0.4) is 0 Å². The van der Waals surface area contributed by atoms with Crippen LogP contribution in [-0.4, -0.2) is 42.4 Å². The number of halogens is 1. The van der Waals surface area contributed by atoms with Crippen molar-refractivity contribution in [2.24, 2.45) is 41.2 Å². The van der Waals surface area contributed by atoms with Crippen LogP contribution in [0.2, 0.25) is 0 Å². The van der Waals surface area contributed by atoms with E-state index in [-0.39, 0.29) is 0 Å². The summed E-state index contributed by atoms with van der Waals surface area (Å²) in [5.41, 5.74) is 5.59. The van der Waals surface area contributed by atoms with Gasteiger partial charge in [0, 0.05) is 17.2 Å². The maximum Gasteiger partial charge on any atom is 0.229 e. The average Bonchev–Trinajstić information content (AvgIpc) is 3.31. The molecule has 6 nitrogen and oxygen atoms in total. The van der Waals surface area contributed by atoms with E-state index in [1.54, 1.807) is 0 Å². The first kappa shape index (κ1) is 22.9. The normalized spacial score (nSPS) is 35.6. The fraction of sp³-hybridized carbons (Fsp3) is 0.778. The molecule has 4 aliphatic carbocycles. The molecule has 156 valence electrons. The maximum absolute atomic E-state index is 10.9. The van der Waals surface area contributed by atoms with Gasteiger partial charge < -0.3 is 5.73 Å². The van der Waals surface area contributed by atoms with Gasteiger partial charge in [0.05, 0.1) is 12.5 Å². The fourth-order valence-corrected chi connectivity index (χ4v) is 5.07. The van der Waals surface area contributed by atoms with Gasteiger partial charge in [0.1, 0.15) is 0 Å². The van der Waals surface area contributed by atoms with Crippen LogP contribution in [0.25, 0.3) is 0 Å². The van der Waals surface area contributed by atoms with Crippen molar-refractivity contribution in [3.63, 3.8) is 0 Å². The number of allylic oxidation sites excluding steroid dienone is 4.